The normalized spacial score (nSPS) is 54.7. The molecule has 3 heteroatoms. The first-order chi connectivity index (χ1) is 7.27. The Labute approximate surface area is 87.9 Å². The van der Waals surface area contributed by atoms with Crippen molar-refractivity contribution in [3.8, 4) is 0 Å². The average molecular weight is 203 g/mol. The molecule has 6 atom stereocenters. The molecular formula is C12H13NO2. The van der Waals surface area contributed by atoms with Gasteiger partial charge < -0.3 is 0 Å². The van der Waals surface area contributed by atoms with E-state index in [1.165, 1.54) is 12.8 Å². The predicted molar refractivity (Wildman–Crippen MR) is 52.5 cm³/mol. The molecule has 1 heterocycles. The lowest BCUT2D eigenvalue weighted by Crippen LogP contribution is -2.53. The predicted octanol–water partition coefficient (Wildman–Crippen LogP) is 0.717. The Morgan fingerprint density at radius 2 is 1.40 bits per heavy atom. The van der Waals surface area contributed by atoms with Crippen LogP contribution in [0.25, 0.3) is 0 Å². The first-order valence-corrected chi connectivity index (χ1v) is 5.80. The number of imide groups is 1. The monoisotopic (exact) mass is 203 g/mol. The molecule has 3 nitrogen and oxygen atoms in total. The second-order valence-electron chi connectivity index (χ2n) is 5.35. The summed E-state index contributed by atoms with van der Waals surface area (Å²) in [7, 11) is 0. The Hall–Kier alpha value is -1.12. The lowest BCUT2D eigenvalue weighted by atomic mass is 9.47. The number of allylic oxidation sites excluding steroid dienone is 2. The number of hydrogen-bond acceptors (Lipinski definition) is 2. The maximum Gasteiger partial charge on any atom is 0.231 e. The van der Waals surface area contributed by atoms with Gasteiger partial charge in [-0.1, -0.05) is 12.2 Å². The quantitative estimate of drug-likeness (QED) is 0.465. The molecule has 2 bridgehead atoms. The first-order valence-electron chi connectivity index (χ1n) is 5.80. The average Bonchev–Trinajstić information content (AvgIpc) is 2.44. The largest absolute Gasteiger partial charge is 0.296 e. The zero-order chi connectivity index (χ0) is 10.2. The van der Waals surface area contributed by atoms with Crippen LogP contribution in [0.5, 0.6) is 0 Å². The topological polar surface area (TPSA) is 46.2 Å². The molecule has 1 N–H and O–H groups in total. The minimum absolute atomic E-state index is 0.0188. The van der Waals surface area contributed by atoms with E-state index in [9.17, 15) is 9.59 Å². The number of nitrogens with one attached hydrogen (secondary N) is 1. The molecule has 0 aromatic rings. The Morgan fingerprint density at radius 3 is 1.80 bits per heavy atom. The van der Waals surface area contributed by atoms with Crippen LogP contribution in [0.15, 0.2) is 12.2 Å². The van der Waals surface area contributed by atoms with Crippen molar-refractivity contribution in [2.45, 2.75) is 12.8 Å². The highest BCUT2D eigenvalue weighted by atomic mass is 16.2. The smallest absolute Gasteiger partial charge is 0.231 e. The highest BCUT2D eigenvalue weighted by Gasteiger charge is 2.61. The Kier molecular flexibility index (Phi) is 1.26. The van der Waals surface area contributed by atoms with Crippen molar-refractivity contribution in [3.05, 3.63) is 12.2 Å². The van der Waals surface area contributed by atoms with Gasteiger partial charge in [-0.2, -0.15) is 0 Å². The van der Waals surface area contributed by atoms with Gasteiger partial charge in [0.1, 0.15) is 0 Å². The number of carbonyl (C=O) groups is 2. The van der Waals surface area contributed by atoms with Gasteiger partial charge in [0.25, 0.3) is 0 Å². The minimum atomic E-state index is -0.0333. The highest BCUT2D eigenvalue weighted by Crippen LogP contribution is 2.60. The van der Waals surface area contributed by atoms with E-state index in [2.05, 4.69) is 17.5 Å². The van der Waals surface area contributed by atoms with Crippen LogP contribution in [-0.4, -0.2) is 11.8 Å². The molecular weight excluding hydrogens is 190 g/mol. The van der Waals surface area contributed by atoms with E-state index >= 15 is 0 Å². The molecule has 1 aliphatic heterocycles. The molecule has 1 saturated heterocycles. The molecule has 2 amide bonds. The van der Waals surface area contributed by atoms with Crippen molar-refractivity contribution >= 4 is 11.8 Å². The van der Waals surface area contributed by atoms with Crippen molar-refractivity contribution in [2.75, 3.05) is 0 Å². The third kappa shape index (κ3) is 0.757. The highest BCUT2D eigenvalue weighted by molar-refractivity contribution is 6.06. The summed E-state index contributed by atoms with van der Waals surface area (Å²) in [4.78, 5) is 23.4. The van der Waals surface area contributed by atoms with Gasteiger partial charge in [0.2, 0.25) is 11.8 Å². The second kappa shape index (κ2) is 2.34. The lowest BCUT2D eigenvalue weighted by molar-refractivity contribution is -0.134. The number of carbonyl (C=O) groups excluding carboxylic acids is 2. The van der Waals surface area contributed by atoms with Crippen molar-refractivity contribution in [1.82, 2.24) is 5.32 Å². The summed E-state index contributed by atoms with van der Waals surface area (Å²) in [6.45, 7) is 0. The summed E-state index contributed by atoms with van der Waals surface area (Å²) in [5, 5.41) is 2.51. The van der Waals surface area contributed by atoms with Crippen LogP contribution in [0.1, 0.15) is 12.8 Å². The van der Waals surface area contributed by atoms with Crippen molar-refractivity contribution in [2.24, 2.45) is 35.5 Å². The first kappa shape index (κ1) is 8.08. The molecule has 5 aliphatic rings. The third-order valence-corrected chi connectivity index (χ3v) is 5.00. The molecule has 0 aromatic heterocycles. The van der Waals surface area contributed by atoms with Gasteiger partial charge in [0, 0.05) is 0 Å². The van der Waals surface area contributed by atoms with Gasteiger partial charge >= 0.3 is 0 Å². The van der Waals surface area contributed by atoms with Crippen LogP contribution in [0, 0.1) is 35.5 Å². The van der Waals surface area contributed by atoms with E-state index in [0.29, 0.717) is 23.7 Å². The number of hydrogen-bond donors (Lipinski definition) is 1. The van der Waals surface area contributed by atoms with E-state index < -0.39 is 0 Å². The van der Waals surface area contributed by atoms with Crippen molar-refractivity contribution < 1.29 is 9.59 Å². The number of amides is 2. The van der Waals surface area contributed by atoms with E-state index in [-0.39, 0.29) is 23.7 Å². The Bertz CT molecular complexity index is 364. The Morgan fingerprint density at radius 1 is 0.933 bits per heavy atom. The van der Waals surface area contributed by atoms with E-state index in [1.807, 2.05) is 0 Å². The summed E-state index contributed by atoms with van der Waals surface area (Å²) in [6, 6.07) is 0. The minimum Gasteiger partial charge on any atom is -0.296 e. The van der Waals surface area contributed by atoms with Crippen LogP contribution in [0.3, 0.4) is 0 Å². The molecule has 5 unspecified atom stereocenters. The second-order valence-corrected chi connectivity index (χ2v) is 5.35. The lowest BCUT2D eigenvalue weighted by Gasteiger charge is -2.55. The van der Waals surface area contributed by atoms with Gasteiger partial charge in [0.05, 0.1) is 11.8 Å². The van der Waals surface area contributed by atoms with E-state index in [0.717, 1.165) is 0 Å². The summed E-state index contributed by atoms with van der Waals surface area (Å²) < 4.78 is 0. The van der Waals surface area contributed by atoms with E-state index in [4.69, 9.17) is 0 Å². The van der Waals surface area contributed by atoms with Crippen molar-refractivity contribution in [3.63, 3.8) is 0 Å². The van der Waals surface area contributed by atoms with Gasteiger partial charge in [-0.3, -0.25) is 14.9 Å². The molecule has 5 rings (SSSR count). The maximum absolute atomic E-state index is 11.7. The van der Waals surface area contributed by atoms with Crippen molar-refractivity contribution in [1.29, 1.82) is 0 Å². The van der Waals surface area contributed by atoms with Crippen LogP contribution in [-0.2, 0) is 9.59 Å². The molecule has 0 aromatic carbocycles. The molecule has 0 spiro atoms. The molecule has 3 fully saturated rings. The summed E-state index contributed by atoms with van der Waals surface area (Å²) >= 11 is 0. The Balaban J connectivity index is 1.84. The van der Waals surface area contributed by atoms with Crippen LogP contribution in [0.2, 0.25) is 0 Å². The number of rotatable bonds is 0. The van der Waals surface area contributed by atoms with Crippen LogP contribution in [0.4, 0.5) is 0 Å². The fraction of sp³-hybridized carbons (Fsp3) is 0.667. The van der Waals surface area contributed by atoms with Gasteiger partial charge in [-0.05, 0) is 36.5 Å². The van der Waals surface area contributed by atoms with Gasteiger partial charge in [0.15, 0.2) is 0 Å². The third-order valence-electron chi connectivity index (χ3n) is 5.00. The SMILES string of the molecule is O=C1NC(=O)[C@@H]2C3C=CC(C4CCC43)C12. The standard InChI is InChI=1S/C12H13NO2/c14-11-9-7-3-4-8(6-2-1-5(6)7)10(9)12(15)13-11/h3-10H,1-2H2,(H,13,14,15)/t5?,6?,7?,8?,9-,10?/m1/s1. The summed E-state index contributed by atoms with van der Waals surface area (Å²) in [5.41, 5.74) is 0. The van der Waals surface area contributed by atoms with Gasteiger partial charge in [-0.25, -0.2) is 0 Å². The molecule has 15 heavy (non-hydrogen) atoms. The van der Waals surface area contributed by atoms with Crippen LogP contribution < -0.4 is 5.32 Å². The van der Waals surface area contributed by atoms with Crippen LogP contribution >= 0.6 is 0 Å². The molecule has 2 saturated carbocycles. The molecule has 78 valence electrons. The zero-order valence-corrected chi connectivity index (χ0v) is 8.35. The zero-order valence-electron chi connectivity index (χ0n) is 8.35. The summed E-state index contributed by atoms with van der Waals surface area (Å²) in [6.07, 6.45) is 6.90. The van der Waals surface area contributed by atoms with Gasteiger partial charge in [-0.15, -0.1) is 0 Å². The molecule has 4 aliphatic carbocycles. The fourth-order valence-electron chi connectivity index (χ4n) is 4.26. The maximum atomic E-state index is 11.7. The summed E-state index contributed by atoms with van der Waals surface area (Å²) in [5.74, 6) is 1.98. The molecule has 0 radical (unpaired) electrons. The fourth-order valence-corrected chi connectivity index (χ4v) is 4.26. The van der Waals surface area contributed by atoms with E-state index in [1.54, 1.807) is 0 Å².